The zero-order valence-electron chi connectivity index (χ0n) is 12.4. The van der Waals surface area contributed by atoms with E-state index < -0.39 is 0 Å². The molecule has 1 aromatic rings. The maximum atomic E-state index is 12.1. The molecule has 114 valence electrons. The summed E-state index contributed by atoms with van der Waals surface area (Å²) in [7, 11) is 1.84. The van der Waals surface area contributed by atoms with E-state index in [1.165, 1.54) is 25.7 Å². The Morgan fingerprint density at radius 2 is 2.05 bits per heavy atom. The van der Waals surface area contributed by atoms with Crippen LogP contribution in [0, 0.1) is 0 Å². The van der Waals surface area contributed by atoms with E-state index in [-0.39, 0.29) is 12.7 Å². The van der Waals surface area contributed by atoms with E-state index in [1.54, 1.807) is 4.90 Å². The average molecular weight is 290 g/mol. The van der Waals surface area contributed by atoms with Crippen LogP contribution in [-0.4, -0.2) is 37.2 Å². The fourth-order valence-electron chi connectivity index (χ4n) is 2.90. The van der Waals surface area contributed by atoms with Gasteiger partial charge in [0, 0.05) is 19.6 Å². The van der Waals surface area contributed by atoms with Gasteiger partial charge in [-0.2, -0.15) is 0 Å². The number of hydrogen-bond donors (Lipinski definition) is 1. The summed E-state index contributed by atoms with van der Waals surface area (Å²) in [5.74, 6) is 1.66. The van der Waals surface area contributed by atoms with E-state index in [2.05, 4.69) is 5.32 Å². The number of rotatable bonds is 5. The fraction of sp³-hybridized carbons (Fsp3) is 0.562. The van der Waals surface area contributed by atoms with Crippen LogP contribution in [0.15, 0.2) is 18.2 Å². The number of ether oxygens (including phenoxy) is 2. The number of nitrogens with one attached hydrogen (secondary N) is 1. The molecule has 1 aromatic carbocycles. The molecule has 0 saturated heterocycles. The number of nitrogens with zero attached hydrogens (tertiary/aromatic N) is 1. The van der Waals surface area contributed by atoms with Crippen LogP contribution >= 0.6 is 0 Å². The van der Waals surface area contributed by atoms with Crippen molar-refractivity contribution >= 4 is 5.91 Å². The maximum Gasteiger partial charge on any atom is 0.236 e. The summed E-state index contributed by atoms with van der Waals surface area (Å²) in [6, 6.07) is 6.33. The lowest BCUT2D eigenvalue weighted by atomic mass is 10.2. The van der Waals surface area contributed by atoms with E-state index in [1.807, 2.05) is 25.2 Å². The average Bonchev–Trinajstić information content (AvgIpc) is 3.15. The molecule has 5 heteroatoms. The van der Waals surface area contributed by atoms with E-state index >= 15 is 0 Å². The molecule has 1 aliphatic heterocycles. The Labute approximate surface area is 125 Å². The van der Waals surface area contributed by atoms with Gasteiger partial charge >= 0.3 is 0 Å². The Morgan fingerprint density at radius 1 is 1.29 bits per heavy atom. The lowest BCUT2D eigenvalue weighted by Gasteiger charge is -2.19. The molecule has 0 spiro atoms. The molecule has 5 nitrogen and oxygen atoms in total. The molecule has 1 amide bonds. The molecule has 0 unspecified atom stereocenters. The van der Waals surface area contributed by atoms with Gasteiger partial charge in [-0.3, -0.25) is 4.79 Å². The van der Waals surface area contributed by atoms with Crippen molar-refractivity contribution < 1.29 is 14.3 Å². The van der Waals surface area contributed by atoms with Crippen molar-refractivity contribution in [3.63, 3.8) is 0 Å². The third kappa shape index (κ3) is 3.47. The van der Waals surface area contributed by atoms with Gasteiger partial charge in [0.25, 0.3) is 0 Å². The van der Waals surface area contributed by atoms with E-state index in [0.29, 0.717) is 19.1 Å². The van der Waals surface area contributed by atoms with Crippen molar-refractivity contribution in [2.75, 3.05) is 20.4 Å². The topological polar surface area (TPSA) is 50.8 Å². The molecule has 1 aliphatic carbocycles. The molecule has 0 radical (unpaired) electrons. The Kier molecular flexibility index (Phi) is 4.29. The van der Waals surface area contributed by atoms with Crippen molar-refractivity contribution in [1.29, 1.82) is 0 Å². The van der Waals surface area contributed by atoms with Gasteiger partial charge in [0.15, 0.2) is 11.5 Å². The Morgan fingerprint density at radius 3 is 2.86 bits per heavy atom. The quantitative estimate of drug-likeness (QED) is 0.900. The van der Waals surface area contributed by atoms with Gasteiger partial charge in [0.2, 0.25) is 12.7 Å². The van der Waals surface area contributed by atoms with E-state index in [4.69, 9.17) is 9.47 Å². The van der Waals surface area contributed by atoms with Crippen LogP contribution in [0.2, 0.25) is 0 Å². The number of likely N-dealkylation sites (N-methyl/N-ethyl adjacent to an activating group) is 1. The first-order chi connectivity index (χ1) is 10.2. The second-order valence-corrected chi connectivity index (χ2v) is 5.80. The standard InChI is InChI=1S/C16H22N2O3/c1-18(16(19)9-17-13-4-2-3-5-13)10-12-6-7-14-15(8-12)21-11-20-14/h6-8,13,17H,2-5,9-11H2,1H3. The minimum Gasteiger partial charge on any atom is -0.454 e. The minimum absolute atomic E-state index is 0.125. The van der Waals surface area contributed by atoms with Crippen molar-refractivity contribution in [1.82, 2.24) is 10.2 Å². The first-order valence-corrected chi connectivity index (χ1v) is 7.58. The first kappa shape index (κ1) is 14.2. The smallest absolute Gasteiger partial charge is 0.236 e. The molecule has 1 saturated carbocycles. The van der Waals surface area contributed by atoms with Crippen LogP contribution in [0.5, 0.6) is 11.5 Å². The molecule has 21 heavy (non-hydrogen) atoms. The lowest BCUT2D eigenvalue weighted by Crippen LogP contribution is -2.38. The number of benzene rings is 1. The summed E-state index contributed by atoms with van der Waals surface area (Å²) < 4.78 is 10.6. The van der Waals surface area contributed by atoms with E-state index in [0.717, 1.165) is 17.1 Å². The fourth-order valence-corrected chi connectivity index (χ4v) is 2.90. The van der Waals surface area contributed by atoms with Crippen molar-refractivity contribution in [2.45, 2.75) is 38.3 Å². The molecular weight excluding hydrogens is 268 g/mol. The van der Waals surface area contributed by atoms with Crippen molar-refractivity contribution in [3.8, 4) is 11.5 Å². The van der Waals surface area contributed by atoms with Gasteiger partial charge in [0.1, 0.15) is 0 Å². The Balaban J connectivity index is 1.50. The summed E-state index contributed by atoms with van der Waals surface area (Å²) in [4.78, 5) is 13.9. The predicted octanol–water partition coefficient (Wildman–Crippen LogP) is 1.91. The number of amides is 1. The Hall–Kier alpha value is -1.75. The molecule has 1 heterocycles. The van der Waals surface area contributed by atoms with Gasteiger partial charge in [-0.25, -0.2) is 0 Å². The largest absolute Gasteiger partial charge is 0.454 e. The van der Waals surface area contributed by atoms with Gasteiger partial charge < -0.3 is 19.7 Å². The van der Waals surface area contributed by atoms with Crippen LogP contribution < -0.4 is 14.8 Å². The third-order valence-corrected chi connectivity index (χ3v) is 4.18. The monoisotopic (exact) mass is 290 g/mol. The van der Waals surface area contributed by atoms with Gasteiger partial charge in [0.05, 0.1) is 6.54 Å². The normalized spacial score (nSPS) is 17.2. The zero-order valence-corrected chi connectivity index (χ0v) is 12.4. The number of carbonyl (C=O) groups is 1. The van der Waals surface area contributed by atoms with Crippen molar-refractivity contribution in [2.24, 2.45) is 0 Å². The predicted molar refractivity (Wildman–Crippen MR) is 79.3 cm³/mol. The summed E-state index contributed by atoms with van der Waals surface area (Å²) in [6.45, 7) is 1.28. The molecular formula is C16H22N2O3. The summed E-state index contributed by atoms with van der Waals surface area (Å²) >= 11 is 0. The van der Waals surface area contributed by atoms with Crippen molar-refractivity contribution in [3.05, 3.63) is 23.8 Å². The van der Waals surface area contributed by atoms with Crippen LogP contribution in [0.1, 0.15) is 31.2 Å². The molecule has 0 atom stereocenters. The second-order valence-electron chi connectivity index (χ2n) is 5.80. The highest BCUT2D eigenvalue weighted by Crippen LogP contribution is 2.32. The van der Waals surface area contributed by atoms with Crippen LogP contribution in [0.3, 0.4) is 0 Å². The number of carbonyl (C=O) groups excluding carboxylic acids is 1. The number of hydrogen-bond acceptors (Lipinski definition) is 4. The highest BCUT2D eigenvalue weighted by atomic mass is 16.7. The lowest BCUT2D eigenvalue weighted by molar-refractivity contribution is -0.129. The summed E-state index contributed by atoms with van der Waals surface area (Å²) in [5.41, 5.74) is 1.05. The second kappa shape index (κ2) is 6.35. The first-order valence-electron chi connectivity index (χ1n) is 7.58. The summed E-state index contributed by atoms with van der Waals surface area (Å²) in [6.07, 6.45) is 4.94. The molecule has 1 fully saturated rings. The molecule has 0 bridgehead atoms. The highest BCUT2D eigenvalue weighted by molar-refractivity contribution is 5.78. The van der Waals surface area contributed by atoms with Gasteiger partial charge in [-0.05, 0) is 30.5 Å². The SMILES string of the molecule is CN(Cc1ccc2c(c1)OCO2)C(=O)CNC1CCCC1. The van der Waals surface area contributed by atoms with Crippen LogP contribution in [0.25, 0.3) is 0 Å². The number of fused-ring (bicyclic) bond motifs is 1. The minimum atomic E-state index is 0.125. The van der Waals surface area contributed by atoms with Crippen LogP contribution in [0.4, 0.5) is 0 Å². The molecule has 3 rings (SSSR count). The maximum absolute atomic E-state index is 12.1. The third-order valence-electron chi connectivity index (χ3n) is 4.18. The van der Waals surface area contributed by atoms with Gasteiger partial charge in [-0.1, -0.05) is 18.9 Å². The van der Waals surface area contributed by atoms with Crippen LogP contribution in [-0.2, 0) is 11.3 Å². The summed E-state index contributed by atoms with van der Waals surface area (Å²) in [5, 5.41) is 3.35. The molecule has 0 aromatic heterocycles. The van der Waals surface area contributed by atoms with Gasteiger partial charge in [-0.15, -0.1) is 0 Å². The van der Waals surface area contributed by atoms with E-state index in [9.17, 15) is 4.79 Å². The molecule has 2 aliphatic rings. The molecule has 1 N–H and O–H groups in total. The Bertz CT molecular complexity index is 512. The zero-order chi connectivity index (χ0) is 14.7. The highest BCUT2D eigenvalue weighted by Gasteiger charge is 2.18.